The molecule has 0 aromatic carbocycles. The van der Waals surface area contributed by atoms with E-state index in [4.69, 9.17) is 0 Å². The van der Waals surface area contributed by atoms with Gasteiger partial charge in [0, 0.05) is 24.8 Å². The van der Waals surface area contributed by atoms with Crippen molar-refractivity contribution in [3.05, 3.63) is 12.4 Å². The van der Waals surface area contributed by atoms with Crippen molar-refractivity contribution >= 4 is 5.91 Å². The molecule has 1 saturated heterocycles. The Balaban J connectivity index is 1.92. The summed E-state index contributed by atoms with van der Waals surface area (Å²) in [4.78, 5) is 14.3. The summed E-state index contributed by atoms with van der Waals surface area (Å²) < 4.78 is 1.58. The fourth-order valence-electron chi connectivity index (χ4n) is 2.46. The standard InChI is InChI=1S/C13H23N5O/c1-11(2)18(9-12-5-3-4-6-14-12)13(19)10-17-8-7-15-16-17/h7-8,11-12,14H,3-6,9-10H2,1-2H3. The molecule has 19 heavy (non-hydrogen) atoms. The second-order valence-corrected chi connectivity index (χ2v) is 5.39. The number of nitrogens with one attached hydrogen (secondary N) is 1. The summed E-state index contributed by atoms with van der Waals surface area (Å²) in [6.07, 6.45) is 6.96. The molecule has 106 valence electrons. The van der Waals surface area contributed by atoms with Crippen LogP contribution in [0.3, 0.4) is 0 Å². The average Bonchev–Trinajstić information content (AvgIpc) is 2.89. The van der Waals surface area contributed by atoms with E-state index in [1.807, 2.05) is 4.90 Å². The van der Waals surface area contributed by atoms with Gasteiger partial charge in [0.15, 0.2) is 0 Å². The fourth-order valence-corrected chi connectivity index (χ4v) is 2.46. The highest BCUT2D eigenvalue weighted by atomic mass is 16.2. The summed E-state index contributed by atoms with van der Waals surface area (Å²) in [6.45, 7) is 6.23. The molecule has 1 aromatic heterocycles. The van der Waals surface area contributed by atoms with Crippen LogP contribution in [0, 0.1) is 0 Å². The first-order chi connectivity index (χ1) is 9.16. The van der Waals surface area contributed by atoms with Gasteiger partial charge in [-0.2, -0.15) is 0 Å². The van der Waals surface area contributed by atoms with Gasteiger partial charge in [0.2, 0.25) is 5.91 Å². The summed E-state index contributed by atoms with van der Waals surface area (Å²) in [5, 5.41) is 11.1. The molecule has 1 aliphatic heterocycles. The number of carbonyl (C=O) groups is 1. The smallest absolute Gasteiger partial charge is 0.244 e. The second-order valence-electron chi connectivity index (χ2n) is 5.39. The predicted molar refractivity (Wildman–Crippen MR) is 72.5 cm³/mol. The maximum atomic E-state index is 12.3. The van der Waals surface area contributed by atoms with Crippen molar-refractivity contribution < 1.29 is 4.79 Å². The molecule has 1 aliphatic rings. The molecule has 1 aromatic rings. The Hall–Kier alpha value is -1.43. The number of amides is 1. The van der Waals surface area contributed by atoms with Gasteiger partial charge in [-0.3, -0.25) is 4.79 Å². The van der Waals surface area contributed by atoms with E-state index in [9.17, 15) is 4.79 Å². The lowest BCUT2D eigenvalue weighted by Crippen LogP contribution is -2.49. The summed E-state index contributed by atoms with van der Waals surface area (Å²) in [7, 11) is 0. The molecule has 2 rings (SSSR count). The van der Waals surface area contributed by atoms with Crippen LogP contribution in [0.2, 0.25) is 0 Å². The van der Waals surface area contributed by atoms with Gasteiger partial charge in [0.25, 0.3) is 0 Å². The first-order valence-electron chi connectivity index (χ1n) is 7.04. The van der Waals surface area contributed by atoms with E-state index < -0.39 is 0 Å². The number of aromatic nitrogens is 3. The van der Waals surface area contributed by atoms with Crippen LogP contribution in [0.1, 0.15) is 33.1 Å². The Kier molecular flexibility index (Phi) is 4.90. The summed E-state index contributed by atoms with van der Waals surface area (Å²) in [5.74, 6) is 0.105. The third-order valence-electron chi connectivity index (χ3n) is 3.54. The number of piperidine rings is 1. The molecule has 1 atom stereocenters. The van der Waals surface area contributed by atoms with Crippen LogP contribution in [0.15, 0.2) is 12.4 Å². The maximum Gasteiger partial charge on any atom is 0.244 e. The van der Waals surface area contributed by atoms with E-state index in [2.05, 4.69) is 29.5 Å². The van der Waals surface area contributed by atoms with E-state index in [1.54, 1.807) is 17.1 Å². The van der Waals surface area contributed by atoms with Gasteiger partial charge in [0.05, 0.1) is 6.20 Å². The molecular formula is C13H23N5O. The summed E-state index contributed by atoms with van der Waals surface area (Å²) in [6, 6.07) is 0.635. The third-order valence-corrected chi connectivity index (χ3v) is 3.54. The van der Waals surface area contributed by atoms with E-state index in [1.165, 1.54) is 12.8 Å². The van der Waals surface area contributed by atoms with Gasteiger partial charge in [-0.05, 0) is 33.2 Å². The van der Waals surface area contributed by atoms with Crippen molar-refractivity contribution in [2.24, 2.45) is 0 Å². The van der Waals surface area contributed by atoms with Crippen LogP contribution in [0.5, 0.6) is 0 Å². The van der Waals surface area contributed by atoms with Crippen LogP contribution in [0.25, 0.3) is 0 Å². The minimum atomic E-state index is 0.105. The number of rotatable bonds is 5. The molecule has 0 aliphatic carbocycles. The van der Waals surface area contributed by atoms with Crippen LogP contribution >= 0.6 is 0 Å². The van der Waals surface area contributed by atoms with E-state index >= 15 is 0 Å². The van der Waals surface area contributed by atoms with Crippen molar-refractivity contribution in [3.8, 4) is 0 Å². The molecule has 1 N–H and O–H groups in total. The molecule has 6 heteroatoms. The third kappa shape index (κ3) is 4.02. The zero-order chi connectivity index (χ0) is 13.7. The first-order valence-corrected chi connectivity index (χ1v) is 7.04. The highest BCUT2D eigenvalue weighted by molar-refractivity contribution is 5.76. The number of carbonyl (C=O) groups excluding carboxylic acids is 1. The van der Waals surface area contributed by atoms with Gasteiger partial charge >= 0.3 is 0 Å². The highest BCUT2D eigenvalue weighted by Gasteiger charge is 2.22. The van der Waals surface area contributed by atoms with Crippen LogP contribution in [-0.2, 0) is 11.3 Å². The Bertz CT molecular complexity index is 384. The summed E-state index contributed by atoms with van der Waals surface area (Å²) in [5.41, 5.74) is 0. The zero-order valence-corrected chi connectivity index (χ0v) is 11.7. The van der Waals surface area contributed by atoms with Gasteiger partial charge in [-0.1, -0.05) is 11.6 Å². The van der Waals surface area contributed by atoms with Crippen molar-refractivity contribution in [2.45, 2.75) is 51.7 Å². The van der Waals surface area contributed by atoms with Crippen LogP contribution in [-0.4, -0.2) is 51.0 Å². The number of nitrogens with zero attached hydrogens (tertiary/aromatic N) is 4. The lowest BCUT2D eigenvalue weighted by molar-refractivity contribution is -0.134. The van der Waals surface area contributed by atoms with E-state index in [0.29, 0.717) is 6.04 Å². The molecule has 0 bridgehead atoms. The number of hydrogen-bond donors (Lipinski definition) is 1. The SMILES string of the molecule is CC(C)N(CC1CCCCN1)C(=O)Cn1ccnn1. The molecule has 0 spiro atoms. The largest absolute Gasteiger partial charge is 0.337 e. The topological polar surface area (TPSA) is 63.1 Å². The van der Waals surface area contributed by atoms with Gasteiger partial charge in [-0.25, -0.2) is 4.68 Å². The van der Waals surface area contributed by atoms with Crippen molar-refractivity contribution in [3.63, 3.8) is 0 Å². The van der Waals surface area contributed by atoms with Crippen LogP contribution in [0.4, 0.5) is 0 Å². The molecule has 0 saturated carbocycles. The second kappa shape index (κ2) is 6.65. The van der Waals surface area contributed by atoms with Gasteiger partial charge < -0.3 is 10.2 Å². The average molecular weight is 265 g/mol. The normalized spacial score (nSPS) is 19.6. The molecule has 1 unspecified atom stereocenters. The molecule has 1 amide bonds. The highest BCUT2D eigenvalue weighted by Crippen LogP contribution is 2.11. The predicted octanol–water partition coefficient (Wildman–Crippen LogP) is 0.657. The summed E-state index contributed by atoms with van der Waals surface area (Å²) >= 11 is 0. The minimum absolute atomic E-state index is 0.105. The van der Waals surface area contributed by atoms with Gasteiger partial charge in [-0.15, -0.1) is 5.10 Å². The molecule has 0 radical (unpaired) electrons. The minimum Gasteiger partial charge on any atom is -0.337 e. The fraction of sp³-hybridized carbons (Fsp3) is 0.769. The Labute approximate surface area is 114 Å². The quantitative estimate of drug-likeness (QED) is 0.849. The maximum absolute atomic E-state index is 12.3. The van der Waals surface area contributed by atoms with Gasteiger partial charge in [0.1, 0.15) is 6.54 Å². The van der Waals surface area contributed by atoms with E-state index in [0.717, 1.165) is 19.5 Å². The molecule has 6 nitrogen and oxygen atoms in total. The van der Waals surface area contributed by atoms with E-state index in [-0.39, 0.29) is 18.5 Å². The van der Waals surface area contributed by atoms with Crippen molar-refractivity contribution in [2.75, 3.05) is 13.1 Å². The Morgan fingerprint density at radius 2 is 2.37 bits per heavy atom. The first kappa shape index (κ1) is 14.0. The molecule has 2 heterocycles. The zero-order valence-electron chi connectivity index (χ0n) is 11.7. The van der Waals surface area contributed by atoms with Crippen LogP contribution < -0.4 is 5.32 Å². The van der Waals surface area contributed by atoms with Crippen molar-refractivity contribution in [1.29, 1.82) is 0 Å². The number of hydrogen-bond acceptors (Lipinski definition) is 4. The lowest BCUT2D eigenvalue weighted by Gasteiger charge is -2.33. The monoisotopic (exact) mass is 265 g/mol. The van der Waals surface area contributed by atoms with Crippen molar-refractivity contribution in [1.82, 2.24) is 25.2 Å². The Morgan fingerprint density at radius 3 is 2.95 bits per heavy atom. The molecule has 1 fully saturated rings. The molecular weight excluding hydrogens is 242 g/mol. The Morgan fingerprint density at radius 1 is 1.53 bits per heavy atom. The lowest BCUT2D eigenvalue weighted by atomic mass is 10.0.